The Hall–Kier alpha value is -2.49. The Bertz CT molecular complexity index is 1000. The normalized spacial score (nSPS) is 15.2. The lowest BCUT2D eigenvalue weighted by Gasteiger charge is -2.36. The third kappa shape index (κ3) is 6.51. The van der Waals surface area contributed by atoms with Crippen LogP contribution in [0.1, 0.15) is 20.3 Å². The van der Waals surface area contributed by atoms with Crippen LogP contribution < -0.4 is 14.9 Å². The topological polar surface area (TPSA) is 81.7 Å². The van der Waals surface area contributed by atoms with Gasteiger partial charge in [-0.25, -0.2) is 17.5 Å². The molecule has 1 aliphatic rings. The molecular formula is C23H31FN4O3S. The van der Waals surface area contributed by atoms with Crippen molar-refractivity contribution >= 4 is 27.3 Å². The van der Waals surface area contributed by atoms with Gasteiger partial charge in [0.05, 0.1) is 10.6 Å². The predicted molar refractivity (Wildman–Crippen MR) is 125 cm³/mol. The summed E-state index contributed by atoms with van der Waals surface area (Å²) in [5.74, 6) is -0.471. The van der Waals surface area contributed by atoms with Crippen molar-refractivity contribution < 1.29 is 17.6 Å². The van der Waals surface area contributed by atoms with Crippen molar-refractivity contribution in [3.05, 3.63) is 54.3 Å². The fraction of sp³-hybridized carbons (Fsp3) is 0.435. The second-order valence-electron chi connectivity index (χ2n) is 8.20. The lowest BCUT2D eigenvalue weighted by atomic mass is 10.2. The van der Waals surface area contributed by atoms with Gasteiger partial charge in [-0.1, -0.05) is 26.0 Å². The van der Waals surface area contributed by atoms with Crippen LogP contribution in [0.5, 0.6) is 0 Å². The summed E-state index contributed by atoms with van der Waals surface area (Å²) < 4.78 is 41.6. The van der Waals surface area contributed by atoms with Gasteiger partial charge in [0.2, 0.25) is 15.9 Å². The molecule has 0 bridgehead atoms. The number of carbonyl (C=O) groups is 1. The van der Waals surface area contributed by atoms with Gasteiger partial charge in [0.25, 0.3) is 0 Å². The number of nitrogens with one attached hydrogen (secondary N) is 2. The molecule has 174 valence electrons. The zero-order chi connectivity index (χ0) is 23.1. The van der Waals surface area contributed by atoms with Crippen LogP contribution >= 0.6 is 0 Å². The van der Waals surface area contributed by atoms with E-state index in [0.717, 1.165) is 32.7 Å². The predicted octanol–water partition coefficient (Wildman–Crippen LogP) is 2.91. The molecule has 2 aromatic rings. The highest BCUT2D eigenvalue weighted by Gasteiger charge is 2.19. The maximum Gasteiger partial charge on any atom is 0.240 e. The van der Waals surface area contributed by atoms with Gasteiger partial charge < -0.3 is 10.2 Å². The Morgan fingerprint density at radius 1 is 1.03 bits per heavy atom. The first-order chi connectivity index (χ1) is 15.3. The molecule has 0 aromatic heterocycles. The molecule has 1 aliphatic heterocycles. The minimum Gasteiger partial charge on any atom is -0.367 e. The molecule has 0 unspecified atom stereocenters. The standard InChI is InChI=1S/C23H31FN4O3S/c1-18(2)23(29)26-19-8-10-20(11-9-19)32(30,31)25-12-5-13-27-14-16-28(17-15-27)22-7-4-3-6-21(22)24/h3-4,6-11,18,25H,5,12-17H2,1-2H3,(H,26,29). The van der Waals surface area contributed by atoms with E-state index >= 15 is 0 Å². The molecule has 0 atom stereocenters. The molecule has 32 heavy (non-hydrogen) atoms. The van der Waals surface area contributed by atoms with E-state index in [2.05, 4.69) is 14.9 Å². The number of nitrogens with zero attached hydrogens (tertiary/aromatic N) is 2. The molecule has 0 saturated carbocycles. The highest BCUT2D eigenvalue weighted by molar-refractivity contribution is 7.89. The van der Waals surface area contributed by atoms with E-state index < -0.39 is 10.0 Å². The Labute approximate surface area is 189 Å². The molecule has 0 aliphatic carbocycles. The van der Waals surface area contributed by atoms with Crippen LogP contribution in [0, 0.1) is 11.7 Å². The van der Waals surface area contributed by atoms with E-state index in [4.69, 9.17) is 0 Å². The fourth-order valence-electron chi connectivity index (χ4n) is 3.52. The largest absolute Gasteiger partial charge is 0.367 e. The van der Waals surface area contributed by atoms with E-state index in [9.17, 15) is 17.6 Å². The molecule has 7 nitrogen and oxygen atoms in total. The Balaban J connectivity index is 1.40. The number of sulfonamides is 1. The number of rotatable bonds is 9. The summed E-state index contributed by atoms with van der Waals surface area (Å²) in [5.41, 5.74) is 1.20. The van der Waals surface area contributed by atoms with Gasteiger partial charge in [-0.15, -0.1) is 0 Å². The van der Waals surface area contributed by atoms with Crippen LogP contribution in [0.15, 0.2) is 53.4 Å². The van der Waals surface area contributed by atoms with Gasteiger partial charge in [0, 0.05) is 44.3 Å². The quantitative estimate of drug-likeness (QED) is 0.560. The lowest BCUT2D eigenvalue weighted by Crippen LogP contribution is -2.47. The smallest absolute Gasteiger partial charge is 0.240 e. The summed E-state index contributed by atoms with van der Waals surface area (Å²) in [5, 5.41) is 2.74. The maximum atomic E-state index is 13.9. The number of benzene rings is 2. The molecule has 1 amide bonds. The highest BCUT2D eigenvalue weighted by Crippen LogP contribution is 2.20. The Morgan fingerprint density at radius 2 is 1.69 bits per heavy atom. The second-order valence-corrected chi connectivity index (χ2v) is 9.97. The first-order valence-electron chi connectivity index (χ1n) is 10.9. The molecule has 1 saturated heterocycles. The van der Waals surface area contributed by atoms with Crippen molar-refractivity contribution in [2.45, 2.75) is 25.2 Å². The van der Waals surface area contributed by atoms with Crippen molar-refractivity contribution in [1.29, 1.82) is 0 Å². The van der Waals surface area contributed by atoms with Crippen LogP contribution in [0.4, 0.5) is 15.8 Å². The van der Waals surface area contributed by atoms with Crippen molar-refractivity contribution in [2.75, 3.05) is 49.5 Å². The molecule has 1 fully saturated rings. The summed E-state index contributed by atoms with van der Waals surface area (Å²) in [7, 11) is -3.61. The molecular weight excluding hydrogens is 431 g/mol. The number of carbonyl (C=O) groups excluding carboxylic acids is 1. The molecule has 3 rings (SSSR count). The Kier molecular flexibility index (Phi) is 8.22. The number of piperazine rings is 1. The van der Waals surface area contributed by atoms with Gasteiger partial charge in [0.1, 0.15) is 5.82 Å². The van der Waals surface area contributed by atoms with Gasteiger partial charge in [-0.2, -0.15) is 0 Å². The van der Waals surface area contributed by atoms with Crippen LogP contribution in [-0.2, 0) is 14.8 Å². The zero-order valence-electron chi connectivity index (χ0n) is 18.6. The average Bonchev–Trinajstić information content (AvgIpc) is 2.78. The fourth-order valence-corrected chi connectivity index (χ4v) is 4.59. The van der Waals surface area contributed by atoms with Gasteiger partial charge >= 0.3 is 0 Å². The molecule has 9 heteroatoms. The van der Waals surface area contributed by atoms with Crippen molar-refractivity contribution in [1.82, 2.24) is 9.62 Å². The van der Waals surface area contributed by atoms with E-state index in [1.165, 1.54) is 18.2 Å². The third-order valence-corrected chi connectivity index (χ3v) is 6.94. The summed E-state index contributed by atoms with van der Waals surface area (Å²) in [4.78, 5) is 16.2. The maximum absolute atomic E-state index is 13.9. The highest BCUT2D eigenvalue weighted by atomic mass is 32.2. The third-order valence-electron chi connectivity index (χ3n) is 5.47. The molecule has 1 heterocycles. The van der Waals surface area contributed by atoms with Crippen LogP contribution in [0.3, 0.4) is 0 Å². The molecule has 0 spiro atoms. The molecule has 2 aromatic carbocycles. The van der Waals surface area contributed by atoms with Gasteiger partial charge in [0.15, 0.2) is 0 Å². The minimum absolute atomic E-state index is 0.117. The van der Waals surface area contributed by atoms with E-state index in [-0.39, 0.29) is 22.5 Å². The van der Waals surface area contributed by atoms with Gasteiger partial charge in [-0.3, -0.25) is 9.69 Å². The van der Waals surface area contributed by atoms with Gasteiger partial charge in [-0.05, 0) is 49.4 Å². The van der Waals surface area contributed by atoms with Crippen LogP contribution in [0.25, 0.3) is 0 Å². The summed E-state index contributed by atoms with van der Waals surface area (Å²) in [6.07, 6.45) is 0.682. The van der Waals surface area contributed by atoms with Crippen molar-refractivity contribution in [3.8, 4) is 0 Å². The van der Waals surface area contributed by atoms with E-state index in [1.54, 1.807) is 38.1 Å². The minimum atomic E-state index is -3.61. The monoisotopic (exact) mass is 462 g/mol. The van der Waals surface area contributed by atoms with Crippen molar-refractivity contribution in [3.63, 3.8) is 0 Å². The average molecular weight is 463 g/mol. The number of hydrogen-bond acceptors (Lipinski definition) is 5. The SMILES string of the molecule is CC(C)C(=O)Nc1ccc(S(=O)(=O)NCCCN2CCN(c3ccccc3F)CC2)cc1. The first-order valence-corrected chi connectivity index (χ1v) is 12.4. The summed E-state index contributed by atoms with van der Waals surface area (Å²) in [6.45, 7) is 7.80. The first kappa shape index (κ1) is 24.2. The number of amides is 1. The number of halogens is 1. The number of anilines is 2. The molecule has 0 radical (unpaired) electrons. The number of para-hydroxylation sites is 1. The lowest BCUT2D eigenvalue weighted by molar-refractivity contribution is -0.118. The molecule has 2 N–H and O–H groups in total. The zero-order valence-corrected chi connectivity index (χ0v) is 19.4. The summed E-state index contributed by atoms with van der Waals surface area (Å²) in [6, 6.07) is 12.9. The van der Waals surface area contributed by atoms with E-state index in [0.29, 0.717) is 24.3 Å². The summed E-state index contributed by atoms with van der Waals surface area (Å²) >= 11 is 0. The second kappa shape index (κ2) is 10.9. The van der Waals surface area contributed by atoms with Crippen LogP contribution in [-0.4, -0.2) is 58.5 Å². The Morgan fingerprint density at radius 3 is 2.31 bits per heavy atom. The number of hydrogen-bond donors (Lipinski definition) is 2. The van der Waals surface area contributed by atoms with E-state index in [1.807, 2.05) is 11.0 Å². The van der Waals surface area contributed by atoms with Crippen molar-refractivity contribution in [2.24, 2.45) is 5.92 Å². The van der Waals surface area contributed by atoms with Crippen LogP contribution in [0.2, 0.25) is 0 Å².